The number of amides is 1. The molecule has 0 aliphatic heterocycles. The number of thiazole rings is 1. The lowest BCUT2D eigenvalue weighted by molar-refractivity contribution is -0.384. The highest BCUT2D eigenvalue weighted by atomic mass is 35.5. The second kappa shape index (κ2) is 7.70. The number of anilines is 1. The molecule has 1 N–H and O–H groups in total. The molecule has 10 heteroatoms. The molecule has 26 heavy (non-hydrogen) atoms. The van der Waals surface area contributed by atoms with E-state index >= 15 is 0 Å². The summed E-state index contributed by atoms with van der Waals surface area (Å²) in [6, 6.07) is 11.1. The molecular weight excluding hydrogens is 396 g/mol. The van der Waals surface area contributed by atoms with Crippen molar-refractivity contribution in [2.75, 3.05) is 11.1 Å². The van der Waals surface area contributed by atoms with Gasteiger partial charge in [-0.15, -0.1) is 11.3 Å². The zero-order valence-corrected chi connectivity index (χ0v) is 15.3. The molecule has 0 spiro atoms. The molecule has 0 aliphatic carbocycles. The molecule has 0 saturated carbocycles. The number of nitriles is 1. The van der Waals surface area contributed by atoms with Crippen LogP contribution in [0.1, 0.15) is 5.56 Å². The number of nitrogens with one attached hydrogen (secondary N) is 1. The van der Waals surface area contributed by atoms with Crippen molar-refractivity contribution in [3.63, 3.8) is 0 Å². The standard InChI is InChI=1S/C16H9ClN4O3S2/c17-12-5-10(2-1-9(12)7-18)19-15(22)8-25-16-20-13-4-3-11(21(23)24)6-14(13)26-16/h1-6H,8H2,(H,19,22). The Morgan fingerprint density at radius 1 is 1.38 bits per heavy atom. The van der Waals surface area contributed by atoms with E-state index in [-0.39, 0.29) is 22.4 Å². The molecule has 3 rings (SSSR count). The molecule has 0 saturated heterocycles. The highest BCUT2D eigenvalue weighted by molar-refractivity contribution is 8.01. The highest BCUT2D eigenvalue weighted by Crippen LogP contribution is 2.31. The highest BCUT2D eigenvalue weighted by Gasteiger charge is 2.12. The van der Waals surface area contributed by atoms with E-state index in [1.54, 1.807) is 12.1 Å². The van der Waals surface area contributed by atoms with E-state index in [1.165, 1.54) is 47.4 Å². The Morgan fingerprint density at radius 2 is 2.19 bits per heavy atom. The number of carbonyl (C=O) groups is 1. The Labute approximate surface area is 160 Å². The van der Waals surface area contributed by atoms with Crippen molar-refractivity contribution in [3.05, 3.63) is 57.1 Å². The van der Waals surface area contributed by atoms with Crippen molar-refractivity contribution in [1.82, 2.24) is 4.98 Å². The molecule has 1 amide bonds. The molecule has 2 aromatic carbocycles. The number of hydrogen-bond donors (Lipinski definition) is 1. The van der Waals surface area contributed by atoms with Crippen molar-refractivity contribution in [3.8, 4) is 6.07 Å². The number of rotatable bonds is 5. The number of benzene rings is 2. The molecule has 0 fully saturated rings. The maximum Gasteiger partial charge on any atom is 0.270 e. The molecule has 0 aliphatic rings. The average molecular weight is 405 g/mol. The minimum absolute atomic E-state index is 0.00753. The van der Waals surface area contributed by atoms with E-state index in [0.29, 0.717) is 25.8 Å². The smallest absolute Gasteiger partial charge is 0.270 e. The number of thioether (sulfide) groups is 1. The van der Waals surface area contributed by atoms with Gasteiger partial charge >= 0.3 is 0 Å². The number of fused-ring (bicyclic) bond motifs is 1. The third-order valence-electron chi connectivity index (χ3n) is 3.26. The fourth-order valence-corrected chi connectivity index (χ4v) is 4.20. The van der Waals surface area contributed by atoms with Gasteiger partial charge in [0.1, 0.15) is 6.07 Å². The summed E-state index contributed by atoms with van der Waals surface area (Å²) in [5.41, 5.74) is 1.50. The predicted molar refractivity (Wildman–Crippen MR) is 102 cm³/mol. The normalized spacial score (nSPS) is 10.5. The van der Waals surface area contributed by atoms with Crippen LogP contribution in [0.25, 0.3) is 10.2 Å². The van der Waals surface area contributed by atoms with E-state index in [1.807, 2.05) is 6.07 Å². The fourth-order valence-electron chi connectivity index (χ4n) is 2.08. The van der Waals surface area contributed by atoms with Gasteiger partial charge < -0.3 is 5.32 Å². The van der Waals surface area contributed by atoms with Crippen LogP contribution in [0.15, 0.2) is 40.7 Å². The lowest BCUT2D eigenvalue weighted by Gasteiger charge is -2.05. The van der Waals surface area contributed by atoms with Gasteiger partial charge in [0, 0.05) is 17.8 Å². The van der Waals surface area contributed by atoms with Gasteiger partial charge in [0.2, 0.25) is 5.91 Å². The topological polar surface area (TPSA) is 109 Å². The summed E-state index contributed by atoms with van der Waals surface area (Å²) in [5.74, 6) is -0.125. The quantitative estimate of drug-likeness (QED) is 0.382. The van der Waals surface area contributed by atoms with Gasteiger partial charge in [0.25, 0.3) is 5.69 Å². The Bertz CT molecular complexity index is 1060. The maximum absolute atomic E-state index is 12.1. The second-order valence-corrected chi connectivity index (χ2v) is 7.69. The maximum atomic E-state index is 12.1. The lowest BCUT2D eigenvalue weighted by atomic mass is 10.2. The molecule has 0 atom stereocenters. The van der Waals surface area contributed by atoms with E-state index in [2.05, 4.69) is 10.3 Å². The first-order chi connectivity index (χ1) is 12.5. The van der Waals surface area contributed by atoms with Crippen molar-refractivity contribution in [1.29, 1.82) is 5.26 Å². The molecule has 0 unspecified atom stereocenters. The first-order valence-electron chi connectivity index (χ1n) is 7.13. The zero-order valence-electron chi connectivity index (χ0n) is 12.9. The van der Waals surface area contributed by atoms with Crippen LogP contribution in [0.2, 0.25) is 5.02 Å². The number of hydrogen-bond acceptors (Lipinski definition) is 7. The van der Waals surface area contributed by atoms with Crippen molar-refractivity contribution in [2.24, 2.45) is 0 Å². The molecule has 0 radical (unpaired) electrons. The monoisotopic (exact) mass is 404 g/mol. The second-order valence-electron chi connectivity index (χ2n) is 5.03. The van der Waals surface area contributed by atoms with E-state index < -0.39 is 4.92 Å². The molecule has 1 heterocycles. The van der Waals surface area contributed by atoms with Crippen molar-refractivity contribution in [2.45, 2.75) is 4.34 Å². The summed E-state index contributed by atoms with van der Waals surface area (Å²) in [6.45, 7) is 0. The van der Waals surface area contributed by atoms with E-state index in [9.17, 15) is 14.9 Å². The van der Waals surface area contributed by atoms with Crippen LogP contribution < -0.4 is 5.32 Å². The van der Waals surface area contributed by atoms with Crippen LogP contribution in [-0.4, -0.2) is 21.6 Å². The molecule has 3 aromatic rings. The molecule has 1 aromatic heterocycles. The van der Waals surface area contributed by atoms with Gasteiger partial charge in [-0.1, -0.05) is 23.4 Å². The lowest BCUT2D eigenvalue weighted by Crippen LogP contribution is -2.13. The van der Waals surface area contributed by atoms with E-state index in [4.69, 9.17) is 16.9 Å². The summed E-state index contributed by atoms with van der Waals surface area (Å²) in [6.07, 6.45) is 0. The summed E-state index contributed by atoms with van der Waals surface area (Å²) in [7, 11) is 0. The number of nitro groups is 1. The predicted octanol–water partition coefficient (Wildman–Crippen LogP) is 4.46. The minimum atomic E-state index is -0.456. The molecule has 0 bridgehead atoms. The largest absolute Gasteiger partial charge is 0.325 e. The zero-order chi connectivity index (χ0) is 18.7. The third kappa shape index (κ3) is 4.11. The Balaban J connectivity index is 1.64. The SMILES string of the molecule is N#Cc1ccc(NC(=O)CSc2nc3ccc([N+](=O)[O-])cc3s2)cc1Cl. The first kappa shape index (κ1) is 18.1. The Kier molecular flexibility index (Phi) is 5.37. The number of non-ortho nitro benzene ring substituents is 1. The van der Waals surface area contributed by atoms with Gasteiger partial charge in [-0.2, -0.15) is 5.26 Å². The van der Waals surface area contributed by atoms with Crippen LogP contribution in [0.3, 0.4) is 0 Å². The summed E-state index contributed by atoms with van der Waals surface area (Å²) >= 11 is 8.47. The van der Waals surface area contributed by atoms with Crippen LogP contribution in [0, 0.1) is 21.4 Å². The minimum Gasteiger partial charge on any atom is -0.325 e. The van der Waals surface area contributed by atoms with Crippen LogP contribution >= 0.6 is 34.7 Å². The van der Waals surface area contributed by atoms with Crippen LogP contribution in [0.4, 0.5) is 11.4 Å². The summed E-state index contributed by atoms with van der Waals surface area (Å²) in [5, 5.41) is 22.6. The van der Waals surface area contributed by atoms with Crippen molar-refractivity contribution >= 4 is 62.2 Å². The number of halogens is 1. The first-order valence-corrected chi connectivity index (χ1v) is 9.31. The molecule has 130 valence electrons. The van der Waals surface area contributed by atoms with Gasteiger partial charge in [-0.3, -0.25) is 14.9 Å². The molecular formula is C16H9ClN4O3S2. The third-order valence-corrected chi connectivity index (χ3v) is 5.74. The number of aromatic nitrogens is 1. The van der Waals surface area contributed by atoms with Gasteiger partial charge in [0.15, 0.2) is 4.34 Å². The molecule has 7 nitrogen and oxygen atoms in total. The number of carbonyl (C=O) groups excluding carboxylic acids is 1. The van der Waals surface area contributed by atoms with E-state index in [0.717, 1.165) is 0 Å². The van der Waals surface area contributed by atoms with Crippen molar-refractivity contribution < 1.29 is 9.72 Å². The summed E-state index contributed by atoms with van der Waals surface area (Å²) < 4.78 is 1.34. The summed E-state index contributed by atoms with van der Waals surface area (Å²) in [4.78, 5) is 26.8. The Hall–Kier alpha value is -2.67. The number of nitro benzene ring substituents is 1. The van der Waals surface area contributed by atoms with Gasteiger partial charge in [-0.25, -0.2) is 4.98 Å². The Morgan fingerprint density at radius 3 is 2.88 bits per heavy atom. The average Bonchev–Trinajstić information content (AvgIpc) is 3.02. The van der Waals surface area contributed by atoms with Crippen LogP contribution in [-0.2, 0) is 4.79 Å². The van der Waals surface area contributed by atoms with Gasteiger partial charge in [0.05, 0.1) is 31.5 Å². The van der Waals surface area contributed by atoms with Gasteiger partial charge in [-0.05, 0) is 24.3 Å². The number of nitrogens with zero attached hydrogens (tertiary/aromatic N) is 3. The fraction of sp³-hybridized carbons (Fsp3) is 0.0625. The van der Waals surface area contributed by atoms with Crippen LogP contribution in [0.5, 0.6) is 0 Å².